The smallest absolute Gasteiger partial charge is 0.191 e. The standard InChI is InChI=1S/C25H38N4O3/c1-5-19(6-2)23-16-22(32-29-23)17-27-24(26-4)28-18-25(12-14-30-15-13-25)20-8-10-21(11-9-20)31-7-3/h8-11,16,19H,5-7,12-15,17-18H2,1-4H3,(H2,26,27,28). The molecule has 176 valence electrons. The number of guanidine groups is 1. The second-order valence-electron chi connectivity index (χ2n) is 8.36. The van der Waals surface area contributed by atoms with Gasteiger partial charge in [-0.25, -0.2) is 0 Å². The van der Waals surface area contributed by atoms with Crippen LogP contribution in [0.2, 0.25) is 0 Å². The second-order valence-corrected chi connectivity index (χ2v) is 8.36. The third-order valence-corrected chi connectivity index (χ3v) is 6.46. The van der Waals surface area contributed by atoms with E-state index in [1.807, 2.05) is 6.92 Å². The highest BCUT2D eigenvalue weighted by molar-refractivity contribution is 5.79. The van der Waals surface area contributed by atoms with E-state index in [9.17, 15) is 0 Å². The lowest BCUT2D eigenvalue weighted by Gasteiger charge is -2.38. The molecule has 0 unspecified atom stereocenters. The fourth-order valence-corrected chi connectivity index (χ4v) is 4.36. The van der Waals surface area contributed by atoms with Crippen LogP contribution in [0.15, 0.2) is 39.8 Å². The minimum Gasteiger partial charge on any atom is -0.494 e. The highest BCUT2D eigenvalue weighted by atomic mass is 16.5. The Morgan fingerprint density at radius 2 is 1.84 bits per heavy atom. The van der Waals surface area contributed by atoms with E-state index >= 15 is 0 Å². The van der Waals surface area contributed by atoms with Gasteiger partial charge in [0.15, 0.2) is 11.7 Å². The van der Waals surface area contributed by atoms with Gasteiger partial charge in [0.1, 0.15) is 5.75 Å². The third-order valence-electron chi connectivity index (χ3n) is 6.46. The van der Waals surface area contributed by atoms with E-state index < -0.39 is 0 Å². The Kier molecular flexibility index (Phi) is 8.97. The van der Waals surface area contributed by atoms with Gasteiger partial charge in [-0.1, -0.05) is 31.1 Å². The summed E-state index contributed by atoms with van der Waals surface area (Å²) in [7, 11) is 1.79. The summed E-state index contributed by atoms with van der Waals surface area (Å²) in [4.78, 5) is 4.41. The zero-order valence-corrected chi connectivity index (χ0v) is 19.9. The zero-order valence-electron chi connectivity index (χ0n) is 19.9. The Bertz CT molecular complexity index is 837. The highest BCUT2D eigenvalue weighted by Gasteiger charge is 2.34. The second kappa shape index (κ2) is 11.9. The van der Waals surface area contributed by atoms with Crippen LogP contribution in [0.25, 0.3) is 0 Å². The fraction of sp³-hybridized carbons (Fsp3) is 0.600. The van der Waals surface area contributed by atoms with Crippen molar-refractivity contribution in [2.24, 2.45) is 4.99 Å². The predicted molar refractivity (Wildman–Crippen MR) is 127 cm³/mol. The molecular formula is C25H38N4O3. The summed E-state index contributed by atoms with van der Waals surface area (Å²) in [6.45, 7) is 9.89. The van der Waals surface area contributed by atoms with E-state index in [4.69, 9.17) is 14.0 Å². The minimum atomic E-state index is -0.00447. The molecule has 0 atom stereocenters. The first-order chi connectivity index (χ1) is 15.6. The fourth-order valence-electron chi connectivity index (χ4n) is 4.36. The van der Waals surface area contributed by atoms with Crippen molar-refractivity contribution in [1.29, 1.82) is 0 Å². The average Bonchev–Trinajstić information content (AvgIpc) is 3.30. The summed E-state index contributed by atoms with van der Waals surface area (Å²) >= 11 is 0. The van der Waals surface area contributed by atoms with Crippen molar-refractivity contribution in [2.75, 3.05) is 33.4 Å². The number of nitrogens with zero attached hydrogens (tertiary/aromatic N) is 2. The van der Waals surface area contributed by atoms with Crippen LogP contribution in [-0.4, -0.2) is 44.5 Å². The van der Waals surface area contributed by atoms with Crippen LogP contribution in [0.3, 0.4) is 0 Å². The molecule has 0 spiro atoms. The SMILES string of the molecule is CCOc1ccc(C2(CNC(=NC)NCc3cc(C(CC)CC)no3)CCOCC2)cc1. The molecule has 0 saturated carbocycles. The zero-order chi connectivity index (χ0) is 22.8. The first-order valence-corrected chi connectivity index (χ1v) is 11.8. The summed E-state index contributed by atoms with van der Waals surface area (Å²) < 4.78 is 16.8. The van der Waals surface area contributed by atoms with Crippen molar-refractivity contribution in [3.63, 3.8) is 0 Å². The Balaban J connectivity index is 1.62. The van der Waals surface area contributed by atoms with Crippen molar-refractivity contribution >= 4 is 5.96 Å². The molecule has 1 aromatic carbocycles. The molecule has 7 heteroatoms. The summed E-state index contributed by atoms with van der Waals surface area (Å²) in [5, 5.41) is 11.1. The monoisotopic (exact) mass is 442 g/mol. The molecule has 1 aromatic heterocycles. The summed E-state index contributed by atoms with van der Waals surface area (Å²) in [6, 6.07) is 10.5. The van der Waals surface area contributed by atoms with Crippen LogP contribution in [0.4, 0.5) is 0 Å². The maximum atomic E-state index is 5.67. The van der Waals surface area contributed by atoms with Crippen LogP contribution in [0, 0.1) is 0 Å². The average molecular weight is 443 g/mol. The van der Waals surface area contributed by atoms with Gasteiger partial charge in [0.2, 0.25) is 0 Å². The Hall–Kier alpha value is -2.54. The largest absolute Gasteiger partial charge is 0.494 e. The molecule has 1 aliphatic heterocycles. The van der Waals surface area contributed by atoms with Crippen molar-refractivity contribution in [1.82, 2.24) is 15.8 Å². The van der Waals surface area contributed by atoms with Gasteiger partial charge in [-0.3, -0.25) is 4.99 Å². The van der Waals surface area contributed by atoms with E-state index in [0.29, 0.717) is 19.1 Å². The molecule has 3 rings (SSSR count). The van der Waals surface area contributed by atoms with Gasteiger partial charge in [0.25, 0.3) is 0 Å². The maximum Gasteiger partial charge on any atom is 0.191 e. The Morgan fingerprint density at radius 3 is 2.47 bits per heavy atom. The minimum absolute atomic E-state index is 0.00447. The van der Waals surface area contributed by atoms with E-state index in [1.54, 1.807) is 7.05 Å². The number of benzene rings is 1. The topological polar surface area (TPSA) is 80.9 Å². The lowest BCUT2D eigenvalue weighted by molar-refractivity contribution is 0.0513. The van der Waals surface area contributed by atoms with Gasteiger partial charge in [-0.2, -0.15) is 0 Å². The van der Waals surface area contributed by atoms with Crippen LogP contribution < -0.4 is 15.4 Å². The number of nitrogens with one attached hydrogen (secondary N) is 2. The molecule has 1 aliphatic rings. The number of hydrogen-bond acceptors (Lipinski definition) is 5. The van der Waals surface area contributed by atoms with Crippen molar-refractivity contribution in [2.45, 2.75) is 64.3 Å². The molecule has 0 aliphatic carbocycles. The quantitative estimate of drug-likeness (QED) is 0.420. The molecular weight excluding hydrogens is 404 g/mol. The molecule has 0 bridgehead atoms. The lowest BCUT2D eigenvalue weighted by atomic mass is 9.74. The molecule has 2 N–H and O–H groups in total. The first-order valence-electron chi connectivity index (χ1n) is 11.8. The Labute approximate surface area is 192 Å². The number of ether oxygens (including phenoxy) is 2. The number of rotatable bonds is 10. The van der Waals surface area contributed by atoms with Crippen LogP contribution >= 0.6 is 0 Å². The molecule has 0 radical (unpaired) electrons. The van der Waals surface area contributed by atoms with E-state index in [-0.39, 0.29) is 5.41 Å². The van der Waals surface area contributed by atoms with E-state index in [2.05, 4.69) is 65.0 Å². The summed E-state index contributed by atoms with van der Waals surface area (Å²) in [6.07, 6.45) is 4.06. The Morgan fingerprint density at radius 1 is 1.12 bits per heavy atom. The summed E-state index contributed by atoms with van der Waals surface area (Å²) in [5.41, 5.74) is 2.33. The number of aromatic nitrogens is 1. The first kappa shape index (κ1) is 24.1. The molecule has 0 amide bonds. The van der Waals surface area contributed by atoms with Crippen LogP contribution in [0.5, 0.6) is 5.75 Å². The number of aliphatic imine (C=N–C) groups is 1. The van der Waals surface area contributed by atoms with Gasteiger partial charge >= 0.3 is 0 Å². The van der Waals surface area contributed by atoms with E-state index in [0.717, 1.165) is 68.6 Å². The van der Waals surface area contributed by atoms with Gasteiger partial charge in [-0.05, 0) is 50.3 Å². The van der Waals surface area contributed by atoms with Gasteiger partial charge in [0, 0.05) is 44.2 Å². The lowest BCUT2D eigenvalue weighted by Crippen LogP contribution is -2.47. The third kappa shape index (κ3) is 6.03. The molecule has 32 heavy (non-hydrogen) atoms. The normalized spacial score (nSPS) is 16.2. The van der Waals surface area contributed by atoms with Gasteiger partial charge in [-0.15, -0.1) is 0 Å². The molecule has 2 heterocycles. The molecule has 1 fully saturated rings. The van der Waals surface area contributed by atoms with Crippen molar-refractivity contribution in [3.05, 3.63) is 47.3 Å². The van der Waals surface area contributed by atoms with Crippen molar-refractivity contribution in [3.8, 4) is 5.75 Å². The van der Waals surface area contributed by atoms with Gasteiger partial charge in [0.05, 0.1) is 18.8 Å². The number of hydrogen-bond donors (Lipinski definition) is 2. The maximum absolute atomic E-state index is 5.67. The van der Waals surface area contributed by atoms with Crippen LogP contribution in [-0.2, 0) is 16.7 Å². The van der Waals surface area contributed by atoms with Crippen molar-refractivity contribution < 1.29 is 14.0 Å². The summed E-state index contributed by atoms with van der Waals surface area (Å²) in [5.74, 6) is 2.93. The molecule has 7 nitrogen and oxygen atoms in total. The highest BCUT2D eigenvalue weighted by Crippen LogP contribution is 2.35. The predicted octanol–water partition coefficient (Wildman–Crippen LogP) is 4.39. The molecule has 2 aromatic rings. The van der Waals surface area contributed by atoms with Crippen LogP contribution in [0.1, 0.15) is 69.4 Å². The van der Waals surface area contributed by atoms with Gasteiger partial charge < -0.3 is 24.6 Å². The molecule has 1 saturated heterocycles. The van der Waals surface area contributed by atoms with E-state index in [1.165, 1.54) is 5.56 Å².